The SMILES string of the molecule is O=C1CC(Nc2ccc3c(c2)OCO3)C(=O)N1. The summed E-state index contributed by atoms with van der Waals surface area (Å²) in [7, 11) is 0. The predicted molar refractivity (Wildman–Crippen MR) is 57.7 cm³/mol. The molecule has 2 heterocycles. The molecular formula is C11H10N2O4. The Kier molecular flexibility index (Phi) is 2.14. The van der Waals surface area contributed by atoms with E-state index in [1.54, 1.807) is 18.2 Å². The number of benzene rings is 1. The van der Waals surface area contributed by atoms with Gasteiger partial charge in [-0.15, -0.1) is 0 Å². The summed E-state index contributed by atoms with van der Waals surface area (Å²) in [4.78, 5) is 22.4. The summed E-state index contributed by atoms with van der Waals surface area (Å²) < 4.78 is 10.4. The highest BCUT2D eigenvalue weighted by atomic mass is 16.7. The van der Waals surface area contributed by atoms with Crippen molar-refractivity contribution >= 4 is 17.5 Å². The van der Waals surface area contributed by atoms with Gasteiger partial charge in [0, 0.05) is 11.8 Å². The molecule has 2 aliphatic heterocycles. The number of carbonyl (C=O) groups excluding carboxylic acids is 2. The molecule has 2 aliphatic rings. The van der Waals surface area contributed by atoms with Crippen molar-refractivity contribution in [3.8, 4) is 11.5 Å². The van der Waals surface area contributed by atoms with Gasteiger partial charge in [-0.3, -0.25) is 14.9 Å². The number of amides is 2. The van der Waals surface area contributed by atoms with E-state index < -0.39 is 6.04 Å². The lowest BCUT2D eigenvalue weighted by molar-refractivity contribution is -0.124. The third-order valence-electron chi connectivity index (χ3n) is 2.68. The molecule has 0 spiro atoms. The smallest absolute Gasteiger partial charge is 0.249 e. The molecule has 17 heavy (non-hydrogen) atoms. The van der Waals surface area contributed by atoms with Gasteiger partial charge in [0.2, 0.25) is 18.6 Å². The number of fused-ring (bicyclic) bond motifs is 1. The second-order valence-corrected chi connectivity index (χ2v) is 3.88. The fraction of sp³-hybridized carbons (Fsp3) is 0.273. The van der Waals surface area contributed by atoms with E-state index in [9.17, 15) is 9.59 Å². The monoisotopic (exact) mass is 234 g/mol. The Morgan fingerprint density at radius 3 is 2.82 bits per heavy atom. The number of hydrogen-bond acceptors (Lipinski definition) is 5. The van der Waals surface area contributed by atoms with Gasteiger partial charge in [-0.2, -0.15) is 0 Å². The molecule has 0 bridgehead atoms. The van der Waals surface area contributed by atoms with Gasteiger partial charge in [-0.1, -0.05) is 0 Å². The van der Waals surface area contributed by atoms with Gasteiger partial charge in [-0.05, 0) is 12.1 Å². The summed E-state index contributed by atoms with van der Waals surface area (Å²) >= 11 is 0. The van der Waals surface area contributed by atoms with Crippen LogP contribution in [-0.2, 0) is 9.59 Å². The number of imide groups is 1. The number of carbonyl (C=O) groups is 2. The number of anilines is 1. The second-order valence-electron chi connectivity index (χ2n) is 3.88. The van der Waals surface area contributed by atoms with E-state index in [4.69, 9.17) is 9.47 Å². The molecule has 6 heteroatoms. The Balaban J connectivity index is 1.77. The van der Waals surface area contributed by atoms with E-state index in [1.165, 1.54) is 0 Å². The van der Waals surface area contributed by atoms with Crippen molar-refractivity contribution in [2.75, 3.05) is 12.1 Å². The predicted octanol–water partition coefficient (Wildman–Crippen LogP) is 0.242. The van der Waals surface area contributed by atoms with Crippen LogP contribution in [0.2, 0.25) is 0 Å². The first kappa shape index (κ1) is 9.95. The number of ether oxygens (including phenoxy) is 2. The quantitative estimate of drug-likeness (QED) is 0.717. The average molecular weight is 234 g/mol. The van der Waals surface area contributed by atoms with Crippen LogP contribution in [-0.4, -0.2) is 24.6 Å². The molecule has 6 nitrogen and oxygen atoms in total. The van der Waals surface area contributed by atoms with Crippen LogP contribution in [0.15, 0.2) is 18.2 Å². The van der Waals surface area contributed by atoms with Crippen LogP contribution in [0.25, 0.3) is 0 Å². The maximum Gasteiger partial charge on any atom is 0.249 e. The van der Waals surface area contributed by atoms with E-state index in [-0.39, 0.29) is 25.0 Å². The lowest BCUT2D eigenvalue weighted by Crippen LogP contribution is -2.29. The third kappa shape index (κ3) is 1.77. The summed E-state index contributed by atoms with van der Waals surface area (Å²) in [5.74, 6) is 0.767. The highest BCUT2D eigenvalue weighted by Gasteiger charge is 2.30. The van der Waals surface area contributed by atoms with Crippen LogP contribution in [0.3, 0.4) is 0 Å². The first-order valence-electron chi connectivity index (χ1n) is 5.22. The fourth-order valence-electron chi connectivity index (χ4n) is 1.86. The standard InChI is InChI=1S/C11H10N2O4/c14-10-4-7(11(15)13-10)12-6-1-2-8-9(3-6)17-5-16-8/h1-3,7,12H,4-5H2,(H,13,14,15). The summed E-state index contributed by atoms with van der Waals surface area (Å²) in [6.07, 6.45) is 0.160. The van der Waals surface area contributed by atoms with Crippen LogP contribution < -0.4 is 20.1 Å². The van der Waals surface area contributed by atoms with E-state index in [2.05, 4.69) is 10.6 Å². The number of rotatable bonds is 2. The molecule has 1 atom stereocenters. The zero-order chi connectivity index (χ0) is 11.8. The van der Waals surface area contributed by atoms with Crippen LogP contribution in [0.1, 0.15) is 6.42 Å². The van der Waals surface area contributed by atoms with Crippen molar-refractivity contribution in [3.05, 3.63) is 18.2 Å². The van der Waals surface area contributed by atoms with Crippen molar-refractivity contribution in [2.45, 2.75) is 12.5 Å². The molecule has 2 N–H and O–H groups in total. The topological polar surface area (TPSA) is 76.7 Å². The van der Waals surface area contributed by atoms with Gasteiger partial charge in [0.25, 0.3) is 0 Å². The minimum absolute atomic E-state index is 0.160. The fourth-order valence-corrected chi connectivity index (χ4v) is 1.86. The highest BCUT2D eigenvalue weighted by Crippen LogP contribution is 2.34. The molecule has 2 amide bonds. The number of hydrogen-bond donors (Lipinski definition) is 2. The number of nitrogens with one attached hydrogen (secondary N) is 2. The largest absolute Gasteiger partial charge is 0.454 e. The van der Waals surface area contributed by atoms with Gasteiger partial charge >= 0.3 is 0 Å². The van der Waals surface area contributed by atoms with Crippen molar-refractivity contribution in [2.24, 2.45) is 0 Å². The van der Waals surface area contributed by atoms with Gasteiger partial charge in [0.1, 0.15) is 6.04 Å². The molecular weight excluding hydrogens is 224 g/mol. The van der Waals surface area contributed by atoms with Gasteiger partial charge in [-0.25, -0.2) is 0 Å². The second kappa shape index (κ2) is 3.65. The Morgan fingerprint density at radius 1 is 1.24 bits per heavy atom. The summed E-state index contributed by atoms with van der Waals surface area (Å²) in [6.45, 7) is 0.210. The zero-order valence-corrected chi connectivity index (χ0v) is 8.86. The van der Waals surface area contributed by atoms with Crippen molar-refractivity contribution in [1.29, 1.82) is 0 Å². The van der Waals surface area contributed by atoms with Crippen LogP contribution in [0.4, 0.5) is 5.69 Å². The molecule has 0 radical (unpaired) electrons. The average Bonchev–Trinajstić information content (AvgIpc) is 2.85. The van der Waals surface area contributed by atoms with E-state index >= 15 is 0 Å². The maximum absolute atomic E-state index is 11.4. The minimum atomic E-state index is -0.511. The molecule has 1 aromatic rings. The Labute approximate surface area is 96.9 Å². The van der Waals surface area contributed by atoms with Crippen molar-refractivity contribution in [3.63, 3.8) is 0 Å². The van der Waals surface area contributed by atoms with E-state index in [0.29, 0.717) is 11.5 Å². The molecule has 0 saturated carbocycles. The first-order chi connectivity index (χ1) is 8.22. The minimum Gasteiger partial charge on any atom is -0.454 e. The highest BCUT2D eigenvalue weighted by molar-refractivity contribution is 6.06. The zero-order valence-electron chi connectivity index (χ0n) is 8.86. The Morgan fingerprint density at radius 2 is 2.06 bits per heavy atom. The van der Waals surface area contributed by atoms with Crippen LogP contribution >= 0.6 is 0 Å². The lowest BCUT2D eigenvalue weighted by atomic mass is 10.2. The van der Waals surface area contributed by atoms with Gasteiger partial charge in [0.15, 0.2) is 11.5 Å². The third-order valence-corrected chi connectivity index (χ3v) is 2.68. The summed E-state index contributed by atoms with van der Waals surface area (Å²) in [5.41, 5.74) is 0.726. The molecule has 1 unspecified atom stereocenters. The van der Waals surface area contributed by atoms with Crippen molar-refractivity contribution in [1.82, 2.24) is 5.32 Å². The molecule has 1 aromatic carbocycles. The Hall–Kier alpha value is -2.24. The first-order valence-corrected chi connectivity index (χ1v) is 5.22. The van der Waals surface area contributed by atoms with Gasteiger partial charge < -0.3 is 14.8 Å². The van der Waals surface area contributed by atoms with Crippen molar-refractivity contribution < 1.29 is 19.1 Å². The Bertz CT molecular complexity index is 500. The normalized spacial score (nSPS) is 21.5. The summed E-state index contributed by atoms with van der Waals surface area (Å²) in [5, 5.41) is 5.23. The summed E-state index contributed by atoms with van der Waals surface area (Å²) in [6, 6.07) is 4.78. The maximum atomic E-state index is 11.4. The van der Waals surface area contributed by atoms with E-state index in [1.807, 2.05) is 0 Å². The molecule has 88 valence electrons. The molecule has 0 aliphatic carbocycles. The molecule has 1 saturated heterocycles. The van der Waals surface area contributed by atoms with Crippen LogP contribution in [0.5, 0.6) is 11.5 Å². The van der Waals surface area contributed by atoms with Gasteiger partial charge in [0.05, 0.1) is 6.42 Å². The lowest BCUT2D eigenvalue weighted by Gasteiger charge is -2.10. The van der Waals surface area contributed by atoms with Crippen LogP contribution in [0, 0.1) is 0 Å². The molecule has 3 rings (SSSR count). The van der Waals surface area contributed by atoms with E-state index in [0.717, 1.165) is 5.69 Å². The molecule has 0 aromatic heterocycles. The molecule has 1 fully saturated rings.